The van der Waals surface area contributed by atoms with E-state index >= 15 is 0 Å². The highest BCUT2D eigenvalue weighted by Gasteiger charge is 2.31. The lowest BCUT2D eigenvalue weighted by Crippen LogP contribution is -2.43. The molecule has 2 fully saturated rings. The minimum absolute atomic E-state index is 0.126. The molecule has 1 heterocycles. The Hall–Kier alpha value is -0.610. The molecule has 0 bridgehead atoms. The van der Waals surface area contributed by atoms with E-state index in [9.17, 15) is 4.79 Å². The fourth-order valence-electron chi connectivity index (χ4n) is 2.85. The zero-order chi connectivity index (χ0) is 12.1. The Bertz CT molecular complexity index is 256. The van der Waals surface area contributed by atoms with Crippen LogP contribution in [0, 0.1) is 5.92 Å². The summed E-state index contributed by atoms with van der Waals surface area (Å²) in [6.45, 7) is 2.46. The minimum Gasteiger partial charge on any atom is -0.381 e. The van der Waals surface area contributed by atoms with Crippen molar-refractivity contribution in [2.45, 2.75) is 50.5 Å². The number of rotatable bonds is 4. The SMILES string of the molecule is NC1(CC(=O)NCC2CCOCC2)CCCC1. The number of carbonyl (C=O) groups is 1. The summed E-state index contributed by atoms with van der Waals surface area (Å²) in [6.07, 6.45) is 6.96. The third-order valence-corrected chi connectivity index (χ3v) is 4.04. The predicted molar refractivity (Wildman–Crippen MR) is 66.6 cm³/mol. The topological polar surface area (TPSA) is 64.4 Å². The van der Waals surface area contributed by atoms with Gasteiger partial charge in [-0.2, -0.15) is 0 Å². The smallest absolute Gasteiger partial charge is 0.221 e. The number of carbonyl (C=O) groups excluding carboxylic acids is 1. The first kappa shape index (κ1) is 12.8. The van der Waals surface area contributed by atoms with Gasteiger partial charge in [0.2, 0.25) is 5.91 Å². The fourth-order valence-corrected chi connectivity index (χ4v) is 2.85. The van der Waals surface area contributed by atoms with Crippen LogP contribution in [0.3, 0.4) is 0 Å². The van der Waals surface area contributed by atoms with E-state index in [0.717, 1.165) is 45.4 Å². The summed E-state index contributed by atoms with van der Waals surface area (Å²) in [5.41, 5.74) is 5.97. The molecule has 4 heteroatoms. The number of hydrogen-bond donors (Lipinski definition) is 2. The second kappa shape index (κ2) is 5.83. The van der Waals surface area contributed by atoms with E-state index in [2.05, 4.69) is 5.32 Å². The molecule has 0 atom stereocenters. The molecule has 1 aliphatic heterocycles. The molecule has 1 aliphatic carbocycles. The zero-order valence-corrected chi connectivity index (χ0v) is 10.5. The summed E-state index contributed by atoms with van der Waals surface area (Å²) in [7, 11) is 0. The molecule has 98 valence electrons. The lowest BCUT2D eigenvalue weighted by Gasteiger charge is -2.25. The monoisotopic (exact) mass is 240 g/mol. The van der Waals surface area contributed by atoms with Gasteiger partial charge in [0.15, 0.2) is 0 Å². The summed E-state index contributed by atoms with van der Waals surface area (Å²) in [5.74, 6) is 0.714. The van der Waals surface area contributed by atoms with Crippen molar-refractivity contribution in [3.63, 3.8) is 0 Å². The van der Waals surface area contributed by atoms with E-state index in [1.165, 1.54) is 12.8 Å². The van der Waals surface area contributed by atoms with Crippen LogP contribution >= 0.6 is 0 Å². The molecule has 0 aromatic carbocycles. The number of ether oxygens (including phenoxy) is 1. The summed E-state index contributed by atoms with van der Waals surface area (Å²) < 4.78 is 5.30. The minimum atomic E-state index is -0.222. The van der Waals surface area contributed by atoms with Crippen molar-refractivity contribution in [2.75, 3.05) is 19.8 Å². The van der Waals surface area contributed by atoms with Gasteiger partial charge >= 0.3 is 0 Å². The number of amides is 1. The van der Waals surface area contributed by atoms with E-state index in [-0.39, 0.29) is 11.4 Å². The Labute approximate surface area is 103 Å². The van der Waals surface area contributed by atoms with Crippen LogP contribution in [-0.4, -0.2) is 31.2 Å². The standard InChI is InChI=1S/C13H24N2O2/c14-13(5-1-2-6-13)9-12(16)15-10-11-3-7-17-8-4-11/h11H,1-10,14H2,(H,15,16). The molecule has 1 saturated carbocycles. The van der Waals surface area contributed by atoms with Gasteiger partial charge in [-0.05, 0) is 31.6 Å². The van der Waals surface area contributed by atoms with Gasteiger partial charge in [0.25, 0.3) is 0 Å². The zero-order valence-electron chi connectivity index (χ0n) is 10.5. The molecule has 0 spiro atoms. The van der Waals surface area contributed by atoms with E-state index in [0.29, 0.717) is 12.3 Å². The summed E-state index contributed by atoms with van der Waals surface area (Å²) in [4.78, 5) is 11.8. The van der Waals surface area contributed by atoms with E-state index in [4.69, 9.17) is 10.5 Å². The van der Waals surface area contributed by atoms with Gasteiger partial charge in [0.05, 0.1) is 0 Å². The molecule has 4 nitrogen and oxygen atoms in total. The van der Waals surface area contributed by atoms with E-state index in [1.54, 1.807) is 0 Å². The van der Waals surface area contributed by atoms with Gasteiger partial charge in [-0.15, -0.1) is 0 Å². The molecule has 1 saturated heterocycles. The summed E-state index contributed by atoms with van der Waals surface area (Å²) >= 11 is 0. The third kappa shape index (κ3) is 3.96. The van der Waals surface area contributed by atoms with E-state index < -0.39 is 0 Å². The Kier molecular flexibility index (Phi) is 4.40. The Balaban J connectivity index is 1.66. The fraction of sp³-hybridized carbons (Fsp3) is 0.923. The highest BCUT2D eigenvalue weighted by molar-refractivity contribution is 5.77. The van der Waals surface area contributed by atoms with Gasteiger partial charge < -0.3 is 15.8 Å². The van der Waals surface area contributed by atoms with Crippen LogP contribution in [0.2, 0.25) is 0 Å². The molecule has 0 unspecified atom stereocenters. The Morgan fingerprint density at radius 2 is 1.94 bits per heavy atom. The lowest BCUT2D eigenvalue weighted by atomic mass is 9.94. The third-order valence-electron chi connectivity index (χ3n) is 4.04. The molecule has 3 N–H and O–H groups in total. The molecular weight excluding hydrogens is 216 g/mol. The van der Waals surface area contributed by atoms with Crippen molar-refractivity contribution < 1.29 is 9.53 Å². The van der Waals surface area contributed by atoms with Crippen molar-refractivity contribution in [3.8, 4) is 0 Å². The molecule has 0 aromatic rings. The highest BCUT2D eigenvalue weighted by Crippen LogP contribution is 2.29. The predicted octanol–water partition coefficient (Wildman–Crippen LogP) is 1.19. The first-order valence-corrected chi connectivity index (χ1v) is 6.81. The lowest BCUT2D eigenvalue weighted by molar-refractivity contribution is -0.122. The molecule has 0 aromatic heterocycles. The van der Waals surface area contributed by atoms with Crippen LogP contribution in [0.15, 0.2) is 0 Å². The molecule has 1 amide bonds. The van der Waals surface area contributed by atoms with Crippen LogP contribution < -0.4 is 11.1 Å². The second-order valence-electron chi connectivity index (χ2n) is 5.61. The largest absolute Gasteiger partial charge is 0.381 e. The van der Waals surface area contributed by atoms with Crippen LogP contribution in [0.1, 0.15) is 44.9 Å². The van der Waals surface area contributed by atoms with Crippen LogP contribution in [0.4, 0.5) is 0 Å². The molecule has 17 heavy (non-hydrogen) atoms. The molecule has 0 radical (unpaired) electrons. The van der Waals surface area contributed by atoms with Gasteiger partial charge in [-0.1, -0.05) is 12.8 Å². The average Bonchev–Trinajstić information content (AvgIpc) is 2.74. The van der Waals surface area contributed by atoms with E-state index in [1.807, 2.05) is 0 Å². The van der Waals surface area contributed by atoms with Gasteiger partial charge in [-0.3, -0.25) is 4.79 Å². The molecule has 2 rings (SSSR count). The molecule has 2 aliphatic rings. The Morgan fingerprint density at radius 1 is 1.29 bits per heavy atom. The normalized spacial score (nSPS) is 24.8. The van der Waals surface area contributed by atoms with Crippen molar-refractivity contribution >= 4 is 5.91 Å². The van der Waals surface area contributed by atoms with Crippen LogP contribution in [-0.2, 0) is 9.53 Å². The number of nitrogens with two attached hydrogens (primary N) is 1. The van der Waals surface area contributed by atoms with Crippen molar-refractivity contribution in [1.82, 2.24) is 5.32 Å². The van der Waals surface area contributed by atoms with Crippen molar-refractivity contribution in [1.29, 1.82) is 0 Å². The Morgan fingerprint density at radius 3 is 2.59 bits per heavy atom. The van der Waals surface area contributed by atoms with Gasteiger partial charge in [0, 0.05) is 31.7 Å². The van der Waals surface area contributed by atoms with Gasteiger partial charge in [0.1, 0.15) is 0 Å². The summed E-state index contributed by atoms with van der Waals surface area (Å²) in [6, 6.07) is 0. The maximum Gasteiger partial charge on any atom is 0.221 e. The number of hydrogen-bond acceptors (Lipinski definition) is 3. The van der Waals surface area contributed by atoms with Crippen LogP contribution in [0.25, 0.3) is 0 Å². The van der Waals surface area contributed by atoms with Crippen LogP contribution in [0.5, 0.6) is 0 Å². The first-order valence-electron chi connectivity index (χ1n) is 6.81. The first-order chi connectivity index (χ1) is 8.18. The quantitative estimate of drug-likeness (QED) is 0.776. The second-order valence-corrected chi connectivity index (χ2v) is 5.61. The average molecular weight is 240 g/mol. The van der Waals surface area contributed by atoms with Crippen molar-refractivity contribution in [2.24, 2.45) is 11.7 Å². The highest BCUT2D eigenvalue weighted by atomic mass is 16.5. The number of nitrogens with one attached hydrogen (secondary N) is 1. The maximum absolute atomic E-state index is 11.8. The van der Waals surface area contributed by atoms with Gasteiger partial charge in [-0.25, -0.2) is 0 Å². The van der Waals surface area contributed by atoms with Crippen molar-refractivity contribution in [3.05, 3.63) is 0 Å². The summed E-state index contributed by atoms with van der Waals surface area (Å²) in [5, 5.41) is 3.03. The molecular formula is C13H24N2O2. The maximum atomic E-state index is 11.8.